The molecule has 0 spiro atoms. The van der Waals surface area contributed by atoms with E-state index in [2.05, 4.69) is 5.32 Å². The molecule has 0 aliphatic rings. The monoisotopic (exact) mass is 267 g/mol. The fraction of sp³-hybridized carbons (Fsp3) is 0.385. The molecule has 0 bridgehead atoms. The first-order chi connectivity index (χ1) is 8.54. The molecule has 0 radical (unpaired) electrons. The molecule has 0 aromatic heterocycles. The van der Waals surface area contributed by atoms with Crippen molar-refractivity contribution < 1.29 is 14.7 Å². The van der Waals surface area contributed by atoms with Crippen molar-refractivity contribution >= 4 is 29.1 Å². The summed E-state index contributed by atoms with van der Waals surface area (Å²) in [5.74, 6) is 0.432. The molecule has 2 N–H and O–H groups in total. The first-order valence-corrected chi connectivity index (χ1v) is 6.74. The van der Waals surface area contributed by atoms with Crippen molar-refractivity contribution in [1.82, 2.24) is 0 Å². The summed E-state index contributed by atoms with van der Waals surface area (Å²) in [5.41, 5.74) is 1.29. The third kappa shape index (κ3) is 4.50. The zero-order valence-corrected chi connectivity index (χ0v) is 11.3. The van der Waals surface area contributed by atoms with Gasteiger partial charge in [0.2, 0.25) is 5.91 Å². The summed E-state index contributed by atoms with van der Waals surface area (Å²) in [4.78, 5) is 22.8. The minimum absolute atomic E-state index is 0.000235. The third-order valence-corrected chi connectivity index (χ3v) is 3.52. The Hall–Kier alpha value is -1.33. The lowest BCUT2D eigenvalue weighted by molar-refractivity contribution is -0.115. The molecule has 18 heavy (non-hydrogen) atoms. The number of thioether (sulfide) groups is 1. The van der Waals surface area contributed by atoms with Crippen molar-refractivity contribution in [2.45, 2.75) is 19.1 Å². The van der Waals surface area contributed by atoms with E-state index in [-0.39, 0.29) is 23.5 Å². The molecule has 1 amide bonds. The van der Waals surface area contributed by atoms with Gasteiger partial charge in [0.15, 0.2) is 5.78 Å². The number of nitrogens with one attached hydrogen (secondary N) is 1. The number of aliphatic hydroxyl groups is 1. The predicted molar refractivity (Wildman–Crippen MR) is 74.1 cm³/mol. The minimum Gasteiger partial charge on any atom is -0.396 e. The second-order valence-corrected chi connectivity index (χ2v) is 5.31. The van der Waals surface area contributed by atoms with E-state index in [0.717, 1.165) is 0 Å². The molecule has 0 unspecified atom stereocenters. The lowest BCUT2D eigenvalue weighted by Gasteiger charge is -2.11. The van der Waals surface area contributed by atoms with Crippen LogP contribution in [0.2, 0.25) is 0 Å². The molecule has 98 valence electrons. The van der Waals surface area contributed by atoms with Gasteiger partial charge in [-0.25, -0.2) is 0 Å². The maximum Gasteiger partial charge on any atom is 0.237 e. The van der Waals surface area contributed by atoms with E-state index in [1.807, 2.05) is 0 Å². The molecule has 1 rings (SSSR count). The van der Waals surface area contributed by atoms with Gasteiger partial charge < -0.3 is 10.4 Å². The highest BCUT2D eigenvalue weighted by Gasteiger charge is 2.13. The Kier molecular flexibility index (Phi) is 5.88. The van der Waals surface area contributed by atoms with Crippen LogP contribution >= 0.6 is 11.8 Å². The molecule has 0 aliphatic carbocycles. The molecule has 1 atom stereocenters. The summed E-state index contributed by atoms with van der Waals surface area (Å²) < 4.78 is 0. The van der Waals surface area contributed by atoms with Crippen LogP contribution in [0.25, 0.3) is 0 Å². The van der Waals surface area contributed by atoms with Gasteiger partial charge in [-0.2, -0.15) is 0 Å². The van der Waals surface area contributed by atoms with Crippen molar-refractivity contribution in [3.63, 3.8) is 0 Å². The number of ketones is 1. The molecule has 0 heterocycles. The summed E-state index contributed by atoms with van der Waals surface area (Å²) in [6.07, 6.45) is 0. The number of aliphatic hydroxyl groups excluding tert-OH is 1. The van der Waals surface area contributed by atoms with Crippen LogP contribution < -0.4 is 5.32 Å². The first-order valence-electron chi connectivity index (χ1n) is 5.69. The smallest absolute Gasteiger partial charge is 0.237 e. The lowest BCUT2D eigenvalue weighted by Crippen LogP contribution is -2.23. The maximum atomic E-state index is 11.8. The van der Waals surface area contributed by atoms with Crippen molar-refractivity contribution in [2.75, 3.05) is 17.7 Å². The molecular weight excluding hydrogens is 250 g/mol. The minimum atomic E-state index is -0.218. The Morgan fingerprint density at radius 1 is 1.33 bits per heavy atom. The van der Waals surface area contributed by atoms with Crippen molar-refractivity contribution in [3.8, 4) is 0 Å². The van der Waals surface area contributed by atoms with Crippen molar-refractivity contribution in [2.24, 2.45) is 0 Å². The normalized spacial score (nSPS) is 11.9. The Balaban J connectivity index is 2.56. The molecule has 1 aromatic rings. The van der Waals surface area contributed by atoms with Gasteiger partial charge in [-0.1, -0.05) is 0 Å². The van der Waals surface area contributed by atoms with Crippen LogP contribution in [0.5, 0.6) is 0 Å². The van der Waals surface area contributed by atoms with E-state index < -0.39 is 0 Å². The highest BCUT2D eigenvalue weighted by atomic mass is 32.2. The number of rotatable bonds is 6. The van der Waals surface area contributed by atoms with Crippen LogP contribution in [0.4, 0.5) is 5.69 Å². The molecular formula is C13H17NO3S. The average molecular weight is 267 g/mol. The van der Waals surface area contributed by atoms with Crippen molar-refractivity contribution in [1.29, 1.82) is 0 Å². The number of benzene rings is 1. The van der Waals surface area contributed by atoms with E-state index in [9.17, 15) is 9.59 Å². The highest BCUT2D eigenvalue weighted by molar-refractivity contribution is 8.00. The molecule has 5 heteroatoms. The summed E-state index contributed by atoms with van der Waals surface area (Å²) in [5, 5.41) is 11.2. The molecule has 0 saturated heterocycles. The number of carbonyl (C=O) groups is 2. The fourth-order valence-electron chi connectivity index (χ4n) is 1.34. The Bertz CT molecular complexity index is 417. The SMILES string of the molecule is CC(=O)c1ccc(NC(=O)[C@@H](C)SCCO)cc1. The number of hydrogen-bond donors (Lipinski definition) is 2. The number of anilines is 1. The van der Waals surface area contributed by atoms with Crippen LogP contribution in [0.3, 0.4) is 0 Å². The molecule has 0 saturated carbocycles. The predicted octanol–water partition coefficient (Wildman–Crippen LogP) is 1.94. The number of carbonyl (C=O) groups excluding carboxylic acids is 2. The Labute approximate surface area is 111 Å². The Morgan fingerprint density at radius 3 is 2.44 bits per heavy atom. The fourth-order valence-corrected chi connectivity index (χ4v) is 2.01. The summed E-state index contributed by atoms with van der Waals surface area (Å²) in [6.45, 7) is 3.36. The molecule has 4 nitrogen and oxygen atoms in total. The third-order valence-electron chi connectivity index (χ3n) is 2.39. The maximum absolute atomic E-state index is 11.8. The van der Waals surface area contributed by atoms with Crippen LogP contribution in [0.1, 0.15) is 24.2 Å². The zero-order valence-electron chi connectivity index (χ0n) is 10.5. The lowest BCUT2D eigenvalue weighted by atomic mass is 10.1. The van der Waals surface area contributed by atoms with Gasteiger partial charge in [0.05, 0.1) is 11.9 Å². The van der Waals surface area contributed by atoms with E-state index in [1.165, 1.54) is 18.7 Å². The van der Waals surface area contributed by atoms with Gasteiger partial charge in [0.1, 0.15) is 0 Å². The van der Waals surface area contributed by atoms with Crippen LogP contribution in [0, 0.1) is 0 Å². The number of Topliss-reactive ketones (excluding diaryl/α,β-unsaturated/α-hetero) is 1. The summed E-state index contributed by atoms with van der Waals surface area (Å²) >= 11 is 1.40. The average Bonchev–Trinajstić information content (AvgIpc) is 2.36. The number of hydrogen-bond acceptors (Lipinski definition) is 4. The van der Waals surface area contributed by atoms with Gasteiger partial charge in [-0.05, 0) is 38.1 Å². The standard InChI is InChI=1S/C13H17NO3S/c1-9(16)11-3-5-12(6-4-11)14-13(17)10(2)18-8-7-15/h3-6,10,15H,7-8H2,1-2H3,(H,14,17)/t10-/m1/s1. The Morgan fingerprint density at radius 2 is 1.94 bits per heavy atom. The second kappa shape index (κ2) is 7.18. The molecule has 0 aliphatic heterocycles. The van der Waals surface area contributed by atoms with E-state index in [1.54, 1.807) is 31.2 Å². The first kappa shape index (κ1) is 14.7. The van der Waals surface area contributed by atoms with E-state index in [0.29, 0.717) is 17.0 Å². The van der Waals surface area contributed by atoms with Gasteiger partial charge in [-0.3, -0.25) is 9.59 Å². The van der Waals surface area contributed by atoms with E-state index in [4.69, 9.17) is 5.11 Å². The molecule has 0 fully saturated rings. The molecule has 1 aromatic carbocycles. The summed E-state index contributed by atoms with van der Waals surface area (Å²) in [7, 11) is 0. The van der Waals surface area contributed by atoms with Gasteiger partial charge in [0.25, 0.3) is 0 Å². The van der Waals surface area contributed by atoms with Gasteiger partial charge in [-0.15, -0.1) is 11.8 Å². The van der Waals surface area contributed by atoms with Crippen molar-refractivity contribution in [3.05, 3.63) is 29.8 Å². The second-order valence-electron chi connectivity index (χ2n) is 3.86. The topological polar surface area (TPSA) is 66.4 Å². The highest BCUT2D eigenvalue weighted by Crippen LogP contribution is 2.14. The van der Waals surface area contributed by atoms with Crippen LogP contribution in [-0.2, 0) is 4.79 Å². The van der Waals surface area contributed by atoms with E-state index >= 15 is 0 Å². The quantitative estimate of drug-likeness (QED) is 0.773. The largest absolute Gasteiger partial charge is 0.396 e. The van der Waals surface area contributed by atoms with Gasteiger partial charge >= 0.3 is 0 Å². The van der Waals surface area contributed by atoms with Crippen LogP contribution in [-0.4, -0.2) is 34.4 Å². The summed E-state index contributed by atoms with van der Waals surface area (Å²) in [6, 6.07) is 6.78. The van der Waals surface area contributed by atoms with Crippen LogP contribution in [0.15, 0.2) is 24.3 Å². The zero-order chi connectivity index (χ0) is 13.5. The number of amides is 1. The van der Waals surface area contributed by atoms with Gasteiger partial charge in [0, 0.05) is 17.0 Å².